The van der Waals surface area contributed by atoms with Crippen LogP contribution in [0.1, 0.15) is 41.0 Å². The molecule has 0 radical (unpaired) electrons. The van der Waals surface area contributed by atoms with Crippen molar-refractivity contribution in [2.24, 2.45) is 0 Å². The third-order valence-electron chi connectivity index (χ3n) is 5.09. The number of aliphatic carboxylic acids is 1. The molecule has 1 N–H and O–H groups in total. The summed E-state index contributed by atoms with van der Waals surface area (Å²) in [6.07, 6.45) is -2.56. The summed E-state index contributed by atoms with van der Waals surface area (Å²) in [5, 5.41) is 8.81. The number of benzene rings is 2. The number of nitrogens with zero attached hydrogens (tertiary/aromatic N) is 1. The van der Waals surface area contributed by atoms with E-state index in [4.69, 9.17) is 14.3 Å². The highest BCUT2D eigenvalue weighted by molar-refractivity contribution is 5.67. The predicted octanol–water partition coefficient (Wildman–Crippen LogP) is 6.01. The Morgan fingerprint density at radius 1 is 1.09 bits per heavy atom. The normalized spacial score (nSPS) is 11.5. The van der Waals surface area contributed by atoms with Crippen molar-refractivity contribution in [2.75, 3.05) is 6.61 Å². The SMILES string of the molecule is Cc1cc(OCCCc2oc(-c3ccc(C(F)(F)F)cc3)nc2C)ccc1CCC(=O)O. The molecule has 3 rings (SSSR count). The molecule has 0 aliphatic rings. The number of oxazole rings is 1. The lowest BCUT2D eigenvalue weighted by atomic mass is 10.0. The van der Waals surface area contributed by atoms with Gasteiger partial charge in [0.25, 0.3) is 0 Å². The topological polar surface area (TPSA) is 72.6 Å². The Kier molecular flexibility index (Phi) is 7.22. The van der Waals surface area contributed by atoms with Gasteiger partial charge in [0.15, 0.2) is 0 Å². The van der Waals surface area contributed by atoms with Gasteiger partial charge in [-0.2, -0.15) is 13.2 Å². The molecule has 1 heterocycles. The van der Waals surface area contributed by atoms with Crippen LogP contribution >= 0.6 is 0 Å². The van der Waals surface area contributed by atoms with Crippen LogP contribution in [-0.4, -0.2) is 22.7 Å². The van der Waals surface area contributed by atoms with Gasteiger partial charge in [-0.1, -0.05) is 6.07 Å². The predicted molar refractivity (Wildman–Crippen MR) is 113 cm³/mol. The Bertz CT molecular complexity index is 1070. The first-order valence-electron chi connectivity index (χ1n) is 10.2. The summed E-state index contributed by atoms with van der Waals surface area (Å²) < 4.78 is 49.7. The number of hydrogen-bond donors (Lipinski definition) is 1. The Labute approximate surface area is 183 Å². The lowest BCUT2D eigenvalue weighted by Gasteiger charge is -2.09. The number of rotatable bonds is 9. The maximum atomic E-state index is 12.7. The van der Waals surface area contributed by atoms with Crippen LogP contribution in [-0.2, 0) is 23.8 Å². The highest BCUT2D eigenvalue weighted by Gasteiger charge is 2.30. The van der Waals surface area contributed by atoms with E-state index >= 15 is 0 Å². The van der Waals surface area contributed by atoms with Crippen molar-refractivity contribution in [3.8, 4) is 17.2 Å². The summed E-state index contributed by atoms with van der Waals surface area (Å²) in [5.74, 6) is 0.846. The molecule has 0 amide bonds. The molecule has 170 valence electrons. The van der Waals surface area contributed by atoms with E-state index in [0.717, 1.165) is 23.3 Å². The summed E-state index contributed by atoms with van der Waals surface area (Å²) in [6, 6.07) is 10.3. The monoisotopic (exact) mass is 447 g/mol. The molecule has 0 saturated carbocycles. The van der Waals surface area contributed by atoms with E-state index < -0.39 is 17.7 Å². The highest BCUT2D eigenvalue weighted by atomic mass is 19.4. The second kappa shape index (κ2) is 9.89. The van der Waals surface area contributed by atoms with Crippen molar-refractivity contribution in [3.05, 3.63) is 70.6 Å². The minimum absolute atomic E-state index is 0.0893. The number of carboxylic acids is 1. The first kappa shape index (κ1) is 23.4. The molecule has 3 aromatic rings. The van der Waals surface area contributed by atoms with Crippen molar-refractivity contribution in [2.45, 2.75) is 45.7 Å². The van der Waals surface area contributed by atoms with E-state index in [1.54, 1.807) is 6.92 Å². The number of halogens is 3. The van der Waals surface area contributed by atoms with Gasteiger partial charge in [-0.25, -0.2) is 4.98 Å². The molecule has 1 aromatic heterocycles. The van der Waals surface area contributed by atoms with Crippen LogP contribution in [0.5, 0.6) is 5.75 Å². The molecule has 0 bridgehead atoms. The fraction of sp³-hybridized carbons (Fsp3) is 0.333. The van der Waals surface area contributed by atoms with Crippen molar-refractivity contribution in [1.82, 2.24) is 4.98 Å². The molecule has 0 fully saturated rings. The third-order valence-corrected chi connectivity index (χ3v) is 5.09. The molecule has 0 saturated heterocycles. The zero-order valence-corrected chi connectivity index (χ0v) is 17.8. The van der Waals surface area contributed by atoms with Gasteiger partial charge in [-0.05, 0) is 74.2 Å². The zero-order chi connectivity index (χ0) is 23.3. The number of ether oxygens (including phenoxy) is 1. The van der Waals surface area contributed by atoms with Gasteiger partial charge in [0.05, 0.1) is 17.9 Å². The van der Waals surface area contributed by atoms with E-state index in [1.165, 1.54) is 12.1 Å². The largest absolute Gasteiger partial charge is 0.494 e. The van der Waals surface area contributed by atoms with Crippen molar-refractivity contribution < 1.29 is 32.2 Å². The lowest BCUT2D eigenvalue weighted by molar-refractivity contribution is -0.138. The molecule has 0 aliphatic carbocycles. The Balaban J connectivity index is 1.53. The minimum atomic E-state index is -4.38. The van der Waals surface area contributed by atoms with Gasteiger partial charge in [-0.3, -0.25) is 4.79 Å². The van der Waals surface area contributed by atoms with E-state index in [9.17, 15) is 18.0 Å². The molecule has 5 nitrogen and oxygen atoms in total. The van der Waals surface area contributed by atoms with Gasteiger partial charge >= 0.3 is 12.1 Å². The molecule has 32 heavy (non-hydrogen) atoms. The van der Waals surface area contributed by atoms with E-state index in [0.29, 0.717) is 54.5 Å². The van der Waals surface area contributed by atoms with Gasteiger partial charge < -0.3 is 14.3 Å². The maximum absolute atomic E-state index is 12.7. The van der Waals surface area contributed by atoms with Gasteiger partial charge in [-0.15, -0.1) is 0 Å². The summed E-state index contributed by atoms with van der Waals surface area (Å²) >= 11 is 0. The Hall–Kier alpha value is -3.29. The van der Waals surface area contributed by atoms with Crippen LogP contribution in [0.4, 0.5) is 13.2 Å². The maximum Gasteiger partial charge on any atom is 0.416 e. The summed E-state index contributed by atoms with van der Waals surface area (Å²) in [7, 11) is 0. The molecule has 0 spiro atoms. The number of aromatic nitrogens is 1. The van der Waals surface area contributed by atoms with Crippen LogP contribution in [0.3, 0.4) is 0 Å². The fourth-order valence-corrected chi connectivity index (χ4v) is 3.29. The van der Waals surface area contributed by atoms with Crippen LogP contribution in [0, 0.1) is 13.8 Å². The van der Waals surface area contributed by atoms with Crippen LogP contribution in [0.15, 0.2) is 46.9 Å². The molecule has 0 atom stereocenters. The number of carboxylic acid groups (broad SMARTS) is 1. The molecular formula is C24H24F3NO4. The second-order valence-electron chi connectivity index (χ2n) is 7.54. The average Bonchev–Trinajstić information content (AvgIpc) is 3.10. The number of alkyl halides is 3. The first-order chi connectivity index (χ1) is 15.1. The third kappa shape index (κ3) is 6.12. The van der Waals surface area contributed by atoms with E-state index in [-0.39, 0.29) is 6.42 Å². The standard InChI is InChI=1S/C24H24F3NO4/c1-15-14-20(11-7-17(15)8-12-22(29)30)31-13-3-4-21-16(2)28-23(32-21)18-5-9-19(10-6-18)24(25,26)27/h5-7,9-11,14H,3-4,8,12-13H2,1-2H3,(H,29,30). The summed E-state index contributed by atoms with van der Waals surface area (Å²) in [5.41, 5.74) is 2.43. The van der Waals surface area contributed by atoms with Gasteiger partial charge in [0, 0.05) is 18.4 Å². The van der Waals surface area contributed by atoms with Crippen molar-refractivity contribution in [1.29, 1.82) is 0 Å². The number of carbonyl (C=O) groups is 1. The molecular weight excluding hydrogens is 423 g/mol. The number of aryl methyl sites for hydroxylation is 4. The molecule has 0 aliphatic heterocycles. The van der Waals surface area contributed by atoms with Gasteiger partial charge in [0.1, 0.15) is 11.5 Å². The lowest BCUT2D eigenvalue weighted by Crippen LogP contribution is -2.03. The van der Waals surface area contributed by atoms with E-state index in [2.05, 4.69) is 4.98 Å². The zero-order valence-electron chi connectivity index (χ0n) is 17.8. The summed E-state index contributed by atoms with van der Waals surface area (Å²) in [4.78, 5) is 15.1. The first-order valence-corrected chi connectivity index (χ1v) is 10.2. The molecule has 0 unspecified atom stereocenters. The van der Waals surface area contributed by atoms with E-state index in [1.807, 2.05) is 25.1 Å². The smallest absolute Gasteiger partial charge is 0.416 e. The van der Waals surface area contributed by atoms with Crippen molar-refractivity contribution >= 4 is 5.97 Å². The number of hydrogen-bond acceptors (Lipinski definition) is 4. The van der Waals surface area contributed by atoms with Gasteiger partial charge in [0.2, 0.25) is 5.89 Å². The fourth-order valence-electron chi connectivity index (χ4n) is 3.29. The van der Waals surface area contributed by atoms with Crippen molar-refractivity contribution in [3.63, 3.8) is 0 Å². The highest BCUT2D eigenvalue weighted by Crippen LogP contribution is 2.31. The van der Waals surface area contributed by atoms with Crippen LogP contribution < -0.4 is 4.74 Å². The molecule has 8 heteroatoms. The molecule has 2 aromatic carbocycles. The van der Waals surface area contributed by atoms with Crippen LogP contribution in [0.2, 0.25) is 0 Å². The minimum Gasteiger partial charge on any atom is -0.494 e. The quantitative estimate of drug-likeness (QED) is 0.407. The Morgan fingerprint density at radius 2 is 1.81 bits per heavy atom. The average molecular weight is 447 g/mol. The summed E-state index contributed by atoms with van der Waals surface area (Å²) in [6.45, 7) is 4.17. The second-order valence-corrected chi connectivity index (χ2v) is 7.54. The van der Waals surface area contributed by atoms with Crippen LogP contribution in [0.25, 0.3) is 11.5 Å². The Morgan fingerprint density at radius 3 is 2.44 bits per heavy atom.